The van der Waals surface area contributed by atoms with Crippen LogP contribution in [-0.2, 0) is 0 Å². The molecule has 126 valence electrons. The zero-order valence-corrected chi connectivity index (χ0v) is 13.0. The van der Waals surface area contributed by atoms with Crippen molar-refractivity contribution in [1.82, 2.24) is 5.32 Å². The molecule has 1 aromatic carbocycles. The zero-order chi connectivity index (χ0) is 17.5. The highest BCUT2D eigenvalue weighted by molar-refractivity contribution is 6.68. The number of rotatable bonds is 2. The van der Waals surface area contributed by atoms with Gasteiger partial charge in [0.15, 0.2) is 12.2 Å². The van der Waals surface area contributed by atoms with E-state index in [1.807, 2.05) is 5.32 Å². The summed E-state index contributed by atoms with van der Waals surface area (Å²) in [4.78, 5) is 12.1. The Balaban J connectivity index is 2.50. The lowest BCUT2D eigenvalue weighted by Gasteiger charge is -2.39. The smallest absolute Gasteiger partial charge is 0.407 e. The largest absolute Gasteiger partial charge is 0.494 e. The Morgan fingerprint density at radius 1 is 1.39 bits per heavy atom. The molecule has 0 aromatic heterocycles. The molecule has 0 fully saturated rings. The Hall–Kier alpha value is -1.48. The highest BCUT2D eigenvalue weighted by atomic mass is 35.5. The minimum atomic E-state index is -4.69. The van der Waals surface area contributed by atoms with Gasteiger partial charge in [-0.15, -0.1) is 0 Å². The number of anilines is 1. The van der Waals surface area contributed by atoms with Crippen molar-refractivity contribution in [3.63, 3.8) is 0 Å². The van der Waals surface area contributed by atoms with Crippen LogP contribution in [0.4, 0.5) is 18.9 Å². The number of halogens is 5. The number of nitrogens with zero attached hydrogens (tertiary/aromatic N) is 1. The van der Waals surface area contributed by atoms with E-state index in [1.54, 1.807) is 0 Å². The van der Waals surface area contributed by atoms with Crippen LogP contribution >= 0.6 is 23.2 Å². The number of carbonyl (C=O) groups is 1. The first kappa shape index (κ1) is 17.9. The molecule has 5 nitrogen and oxygen atoms in total. The summed E-state index contributed by atoms with van der Waals surface area (Å²) in [7, 11) is 0. The maximum Gasteiger partial charge on any atom is 0.407 e. The molecule has 0 bridgehead atoms. The van der Waals surface area contributed by atoms with Crippen LogP contribution in [0.2, 0.25) is 5.02 Å². The van der Waals surface area contributed by atoms with E-state index in [2.05, 4.69) is 0 Å². The predicted octanol–water partition coefficient (Wildman–Crippen LogP) is 3.12. The summed E-state index contributed by atoms with van der Waals surface area (Å²) in [6, 6.07) is 1.54. The van der Waals surface area contributed by atoms with E-state index in [9.17, 15) is 28.2 Å². The molecule has 0 spiro atoms. The number of benzene rings is 1. The minimum absolute atomic E-state index is 0.0292. The van der Waals surface area contributed by atoms with E-state index >= 15 is 0 Å². The summed E-state index contributed by atoms with van der Waals surface area (Å²) in [6.45, 7) is 1.07. The van der Waals surface area contributed by atoms with E-state index in [-0.39, 0.29) is 16.3 Å². The first-order valence-corrected chi connectivity index (χ1v) is 6.98. The molecular weight excluding hydrogens is 360 g/mol. The number of carbonyl (C=O) groups excluding carboxylic acids is 1. The maximum absolute atomic E-state index is 12.9. The van der Waals surface area contributed by atoms with Gasteiger partial charge in [-0.3, -0.25) is 15.0 Å². The maximum atomic E-state index is 12.9. The monoisotopic (exact) mass is 370 g/mol. The lowest BCUT2D eigenvalue weighted by Crippen LogP contribution is -2.59. The molecule has 1 aliphatic heterocycles. The van der Waals surface area contributed by atoms with Gasteiger partial charge >= 0.3 is 6.18 Å². The molecule has 1 aliphatic rings. The molecule has 10 heteroatoms. The normalized spacial score (nSPS) is 22.5. The standard InChI is InChI=1S/C13H11Cl2F3N2O3/c1-5-9(13(16,17)18)19-12(23)20(11(5)22)6-2-3-8(14)7(4-6)10(15)21/h2-4,9,12,19,22-23H,1H3. The Labute approximate surface area is 138 Å². The van der Waals surface area contributed by atoms with Crippen LogP contribution in [-0.4, -0.2) is 34.0 Å². The number of nitrogens with one attached hydrogen (secondary N) is 1. The lowest BCUT2D eigenvalue weighted by atomic mass is 10.1. The fraction of sp³-hybridized carbons (Fsp3) is 0.308. The van der Waals surface area contributed by atoms with E-state index < -0.39 is 35.3 Å². The molecule has 2 atom stereocenters. The molecule has 23 heavy (non-hydrogen) atoms. The second-order valence-electron chi connectivity index (χ2n) is 4.83. The van der Waals surface area contributed by atoms with Crippen molar-refractivity contribution < 1.29 is 28.2 Å². The van der Waals surface area contributed by atoms with Gasteiger partial charge in [0.25, 0.3) is 5.24 Å². The van der Waals surface area contributed by atoms with Gasteiger partial charge in [-0.2, -0.15) is 13.2 Å². The molecule has 0 saturated carbocycles. The van der Waals surface area contributed by atoms with E-state index in [1.165, 1.54) is 12.1 Å². The van der Waals surface area contributed by atoms with Gasteiger partial charge in [-0.05, 0) is 36.7 Å². The third-order valence-electron chi connectivity index (χ3n) is 3.34. The van der Waals surface area contributed by atoms with Crippen LogP contribution < -0.4 is 10.2 Å². The molecule has 0 radical (unpaired) electrons. The molecule has 2 unspecified atom stereocenters. The fourth-order valence-corrected chi connectivity index (χ4v) is 2.61. The number of alkyl halides is 3. The van der Waals surface area contributed by atoms with Gasteiger partial charge in [-0.1, -0.05) is 11.6 Å². The van der Waals surface area contributed by atoms with Crippen LogP contribution in [0, 0.1) is 0 Å². The van der Waals surface area contributed by atoms with Crippen molar-refractivity contribution in [3.05, 3.63) is 40.2 Å². The number of hydrogen-bond acceptors (Lipinski definition) is 5. The Morgan fingerprint density at radius 3 is 2.52 bits per heavy atom. The number of aliphatic hydroxyl groups is 2. The Bertz CT molecular complexity index is 679. The first-order chi connectivity index (χ1) is 10.5. The van der Waals surface area contributed by atoms with Crippen LogP contribution in [0.5, 0.6) is 0 Å². The lowest BCUT2D eigenvalue weighted by molar-refractivity contribution is -0.157. The van der Waals surface area contributed by atoms with Crippen LogP contribution in [0.1, 0.15) is 17.3 Å². The minimum Gasteiger partial charge on any atom is -0.494 e. The molecule has 3 N–H and O–H groups in total. The summed E-state index contributed by atoms with van der Waals surface area (Å²) in [5, 5.41) is 21.0. The highest BCUT2D eigenvalue weighted by Crippen LogP contribution is 2.34. The van der Waals surface area contributed by atoms with Crippen molar-refractivity contribution in [2.45, 2.75) is 25.5 Å². The zero-order valence-electron chi connectivity index (χ0n) is 11.5. The summed E-state index contributed by atoms with van der Waals surface area (Å²) >= 11 is 11.1. The van der Waals surface area contributed by atoms with Gasteiger partial charge in [0.2, 0.25) is 0 Å². The Morgan fingerprint density at radius 2 is 2.00 bits per heavy atom. The molecule has 0 saturated heterocycles. The summed E-state index contributed by atoms with van der Waals surface area (Å²) in [5.74, 6) is -0.783. The third-order valence-corrected chi connectivity index (χ3v) is 3.87. The highest BCUT2D eigenvalue weighted by Gasteiger charge is 2.47. The second kappa shape index (κ2) is 6.20. The van der Waals surface area contributed by atoms with Gasteiger partial charge in [-0.25, -0.2) is 0 Å². The summed E-state index contributed by atoms with van der Waals surface area (Å²) in [6.07, 6.45) is -6.56. The van der Waals surface area contributed by atoms with Crippen LogP contribution in [0.15, 0.2) is 29.7 Å². The summed E-state index contributed by atoms with van der Waals surface area (Å²) < 4.78 is 38.6. The first-order valence-electron chi connectivity index (χ1n) is 6.23. The molecular formula is C13H11Cl2F3N2O3. The predicted molar refractivity (Wildman–Crippen MR) is 78.4 cm³/mol. The van der Waals surface area contributed by atoms with E-state index in [4.69, 9.17) is 23.2 Å². The molecule has 0 aliphatic carbocycles. The fourth-order valence-electron chi connectivity index (χ4n) is 2.20. The van der Waals surface area contributed by atoms with Crippen molar-refractivity contribution in [3.8, 4) is 0 Å². The van der Waals surface area contributed by atoms with Crippen LogP contribution in [0.3, 0.4) is 0 Å². The van der Waals surface area contributed by atoms with Crippen molar-refractivity contribution in [2.75, 3.05) is 4.90 Å². The van der Waals surface area contributed by atoms with Gasteiger partial charge < -0.3 is 10.2 Å². The van der Waals surface area contributed by atoms with Gasteiger partial charge in [0, 0.05) is 11.3 Å². The SMILES string of the molecule is CC1=C(O)N(c2ccc(Cl)c(C(=O)Cl)c2)C(O)NC1C(F)(F)F. The molecule has 1 aromatic rings. The topological polar surface area (TPSA) is 72.8 Å². The van der Waals surface area contributed by atoms with Crippen LogP contribution in [0.25, 0.3) is 0 Å². The van der Waals surface area contributed by atoms with E-state index in [0.717, 1.165) is 17.9 Å². The van der Waals surface area contributed by atoms with E-state index in [0.29, 0.717) is 0 Å². The number of hydrogen-bond donors (Lipinski definition) is 3. The molecule has 2 rings (SSSR count). The summed E-state index contributed by atoms with van der Waals surface area (Å²) in [5.41, 5.74) is -0.506. The van der Waals surface area contributed by atoms with Crippen molar-refractivity contribution in [2.24, 2.45) is 0 Å². The molecule has 1 heterocycles. The average Bonchev–Trinajstić information content (AvgIpc) is 2.43. The quantitative estimate of drug-likeness (QED) is 0.697. The van der Waals surface area contributed by atoms with Crippen molar-refractivity contribution >= 4 is 34.1 Å². The van der Waals surface area contributed by atoms with Gasteiger partial charge in [0.1, 0.15) is 6.04 Å². The second-order valence-corrected chi connectivity index (χ2v) is 5.58. The molecule has 0 amide bonds. The Kier molecular flexibility index (Phi) is 4.81. The average molecular weight is 371 g/mol. The van der Waals surface area contributed by atoms with Gasteiger partial charge in [0.05, 0.1) is 10.6 Å². The number of aliphatic hydroxyl groups excluding tert-OH is 2. The third kappa shape index (κ3) is 3.40. The van der Waals surface area contributed by atoms with Crippen molar-refractivity contribution in [1.29, 1.82) is 0 Å².